The molecule has 0 aliphatic carbocycles. The number of nitriles is 1. The Morgan fingerprint density at radius 3 is 2.41 bits per heavy atom. The van der Waals surface area contributed by atoms with Crippen LogP contribution in [-0.2, 0) is 13.1 Å². The van der Waals surface area contributed by atoms with E-state index in [4.69, 9.17) is 5.26 Å². The largest absolute Gasteiger partial charge is 0.329 e. The number of aromatic nitrogens is 2. The van der Waals surface area contributed by atoms with Gasteiger partial charge in [0.1, 0.15) is 0 Å². The van der Waals surface area contributed by atoms with Crippen LogP contribution in [0.3, 0.4) is 0 Å². The predicted molar refractivity (Wildman–Crippen MR) is 91.6 cm³/mol. The molecule has 0 aliphatic heterocycles. The van der Waals surface area contributed by atoms with Gasteiger partial charge in [0, 0.05) is 13.1 Å². The smallest absolute Gasteiger partial charge is 0.292 e. The zero-order valence-electron chi connectivity index (χ0n) is 13.2. The second kappa shape index (κ2) is 6.71. The van der Waals surface area contributed by atoms with E-state index in [9.17, 15) is 4.79 Å². The van der Waals surface area contributed by atoms with Crippen molar-refractivity contribution >= 4 is 33.7 Å². The van der Waals surface area contributed by atoms with Gasteiger partial charge >= 0.3 is 5.69 Å². The van der Waals surface area contributed by atoms with E-state index in [1.807, 2.05) is 45.4 Å². The third kappa shape index (κ3) is 2.74. The van der Waals surface area contributed by atoms with Gasteiger partial charge in [-0.2, -0.15) is 5.26 Å². The van der Waals surface area contributed by atoms with E-state index in [0.717, 1.165) is 22.3 Å². The van der Waals surface area contributed by atoms with Gasteiger partial charge in [-0.15, -0.1) is 0 Å². The first-order valence-corrected chi connectivity index (χ1v) is 8.31. The molecule has 0 saturated heterocycles. The van der Waals surface area contributed by atoms with Crippen molar-refractivity contribution in [1.29, 1.82) is 5.26 Å². The highest BCUT2D eigenvalue weighted by molar-refractivity contribution is 8.13. The molecule has 0 fully saturated rings. The molecule has 0 amide bonds. The summed E-state index contributed by atoms with van der Waals surface area (Å²) < 4.78 is 3.51. The molecule has 0 atom stereocenters. The van der Waals surface area contributed by atoms with E-state index in [0.29, 0.717) is 18.3 Å². The third-order valence-corrected chi connectivity index (χ3v) is 4.13. The summed E-state index contributed by atoms with van der Waals surface area (Å²) in [5.74, 6) is 0. The van der Waals surface area contributed by atoms with Crippen LogP contribution >= 0.6 is 11.8 Å². The number of thioether (sulfide) groups is 1. The van der Waals surface area contributed by atoms with Gasteiger partial charge < -0.3 is 0 Å². The number of benzene rings is 1. The summed E-state index contributed by atoms with van der Waals surface area (Å²) in [5.41, 5.74) is 3.52. The summed E-state index contributed by atoms with van der Waals surface area (Å²) in [5, 5.41) is 11.8. The van der Waals surface area contributed by atoms with Crippen molar-refractivity contribution in [1.82, 2.24) is 14.5 Å². The van der Waals surface area contributed by atoms with Gasteiger partial charge in [0.15, 0.2) is 11.4 Å². The Hall–Kier alpha value is -2.20. The number of nitrogens with one attached hydrogen (secondary N) is 1. The molecule has 2 aromatic rings. The molecule has 7 heteroatoms. The van der Waals surface area contributed by atoms with Crippen molar-refractivity contribution < 1.29 is 0 Å². The SMILES string of the molecule is CCn1c(=O)n(CC)c2cc(N=C(NC#N)SC)c(C)cc21. The Balaban J connectivity index is 2.72. The Morgan fingerprint density at radius 1 is 1.32 bits per heavy atom. The topological polar surface area (TPSA) is 75.1 Å². The Labute approximate surface area is 133 Å². The molecular weight excluding hydrogens is 298 g/mol. The van der Waals surface area contributed by atoms with Crippen LogP contribution in [0.4, 0.5) is 5.69 Å². The van der Waals surface area contributed by atoms with Gasteiger partial charge in [-0.25, -0.2) is 9.79 Å². The summed E-state index contributed by atoms with van der Waals surface area (Å²) in [6, 6.07) is 3.90. The minimum absolute atomic E-state index is 0.000712. The van der Waals surface area contributed by atoms with Gasteiger partial charge in [-0.05, 0) is 44.7 Å². The Bertz CT molecular complexity index is 825. The lowest BCUT2D eigenvalue weighted by molar-refractivity contribution is 0.671. The van der Waals surface area contributed by atoms with E-state index < -0.39 is 0 Å². The van der Waals surface area contributed by atoms with Crippen LogP contribution in [0, 0.1) is 18.4 Å². The number of aryl methyl sites for hydroxylation is 3. The molecule has 1 heterocycles. The quantitative estimate of drug-likeness (QED) is 0.408. The van der Waals surface area contributed by atoms with Crippen molar-refractivity contribution in [3.05, 3.63) is 28.2 Å². The molecule has 6 nitrogen and oxygen atoms in total. The summed E-state index contributed by atoms with van der Waals surface area (Å²) >= 11 is 1.37. The number of rotatable bonds is 3. The van der Waals surface area contributed by atoms with Crippen LogP contribution in [0.1, 0.15) is 19.4 Å². The fourth-order valence-corrected chi connectivity index (χ4v) is 2.81. The lowest BCUT2D eigenvalue weighted by Gasteiger charge is -2.06. The first-order chi connectivity index (χ1) is 10.6. The molecule has 0 aliphatic rings. The van der Waals surface area contributed by atoms with Gasteiger partial charge in [-0.1, -0.05) is 11.8 Å². The van der Waals surface area contributed by atoms with Gasteiger partial charge in [0.2, 0.25) is 0 Å². The molecule has 0 unspecified atom stereocenters. The van der Waals surface area contributed by atoms with E-state index >= 15 is 0 Å². The van der Waals surface area contributed by atoms with Crippen LogP contribution < -0.4 is 11.0 Å². The van der Waals surface area contributed by atoms with E-state index in [-0.39, 0.29) is 5.69 Å². The van der Waals surface area contributed by atoms with Crippen LogP contribution in [0.2, 0.25) is 0 Å². The lowest BCUT2D eigenvalue weighted by atomic mass is 10.1. The van der Waals surface area contributed by atoms with Crippen molar-refractivity contribution in [3.63, 3.8) is 0 Å². The summed E-state index contributed by atoms with van der Waals surface area (Å²) in [6.07, 6.45) is 3.73. The van der Waals surface area contributed by atoms with Gasteiger partial charge in [0.05, 0.1) is 16.7 Å². The first kappa shape index (κ1) is 16.2. The first-order valence-electron chi connectivity index (χ1n) is 7.08. The molecular formula is C15H19N5OS. The average Bonchev–Trinajstić information content (AvgIpc) is 2.77. The van der Waals surface area contributed by atoms with Crippen LogP contribution in [0.5, 0.6) is 0 Å². The fourth-order valence-electron chi connectivity index (χ4n) is 2.47. The summed E-state index contributed by atoms with van der Waals surface area (Å²) in [7, 11) is 0. The highest BCUT2D eigenvalue weighted by atomic mass is 32.2. The maximum Gasteiger partial charge on any atom is 0.329 e. The standard InChI is InChI=1S/C15H19N5OS/c1-5-19-12-7-10(3)11(18-14(22-4)17-9-16)8-13(12)20(6-2)15(19)21/h7-8H,5-6H2,1-4H3,(H,17,18). The molecule has 0 radical (unpaired) electrons. The van der Waals surface area contributed by atoms with Crippen molar-refractivity contribution in [2.45, 2.75) is 33.9 Å². The minimum Gasteiger partial charge on any atom is -0.292 e. The van der Waals surface area contributed by atoms with Crippen LogP contribution in [-0.4, -0.2) is 20.6 Å². The fraction of sp³-hybridized carbons (Fsp3) is 0.400. The monoisotopic (exact) mass is 317 g/mol. The number of hydrogen-bond donors (Lipinski definition) is 1. The summed E-state index contributed by atoms with van der Waals surface area (Å²) in [6.45, 7) is 7.12. The molecule has 22 heavy (non-hydrogen) atoms. The van der Waals surface area contributed by atoms with Crippen molar-refractivity contribution in [3.8, 4) is 6.19 Å². The molecule has 0 saturated carbocycles. The number of aliphatic imine (C=N–C) groups is 1. The average molecular weight is 317 g/mol. The third-order valence-electron chi connectivity index (χ3n) is 3.55. The highest BCUT2D eigenvalue weighted by Crippen LogP contribution is 2.26. The van der Waals surface area contributed by atoms with E-state index in [1.54, 1.807) is 9.13 Å². The molecule has 2 rings (SSSR count). The van der Waals surface area contributed by atoms with Crippen molar-refractivity contribution in [2.75, 3.05) is 6.26 Å². The molecule has 1 N–H and O–H groups in total. The van der Waals surface area contributed by atoms with Crippen molar-refractivity contribution in [2.24, 2.45) is 4.99 Å². The minimum atomic E-state index is 0.000712. The molecule has 0 bridgehead atoms. The number of imidazole rings is 1. The number of nitrogens with zero attached hydrogens (tertiary/aromatic N) is 4. The normalized spacial score (nSPS) is 11.7. The van der Waals surface area contributed by atoms with Gasteiger partial charge in [-0.3, -0.25) is 14.5 Å². The van der Waals surface area contributed by atoms with E-state index in [1.165, 1.54) is 11.8 Å². The lowest BCUT2D eigenvalue weighted by Crippen LogP contribution is -2.23. The maximum atomic E-state index is 12.4. The zero-order valence-corrected chi connectivity index (χ0v) is 14.0. The maximum absolute atomic E-state index is 12.4. The second-order valence-corrected chi connectivity index (χ2v) is 5.55. The highest BCUT2D eigenvalue weighted by Gasteiger charge is 2.13. The van der Waals surface area contributed by atoms with E-state index in [2.05, 4.69) is 10.3 Å². The molecule has 1 aromatic heterocycles. The number of amidine groups is 1. The van der Waals surface area contributed by atoms with Crippen LogP contribution in [0.25, 0.3) is 11.0 Å². The molecule has 0 spiro atoms. The molecule has 116 valence electrons. The number of hydrogen-bond acceptors (Lipinski definition) is 4. The Morgan fingerprint density at radius 2 is 1.91 bits per heavy atom. The Kier molecular flexibility index (Phi) is 4.93. The van der Waals surface area contributed by atoms with Crippen LogP contribution in [0.15, 0.2) is 21.9 Å². The number of fused-ring (bicyclic) bond motifs is 1. The predicted octanol–water partition coefficient (Wildman–Crippen LogP) is 2.57. The summed E-state index contributed by atoms with van der Waals surface area (Å²) in [4.78, 5) is 16.9. The second-order valence-electron chi connectivity index (χ2n) is 4.76. The zero-order chi connectivity index (χ0) is 16.3. The van der Waals surface area contributed by atoms with Gasteiger partial charge in [0.25, 0.3) is 0 Å². The molecule has 1 aromatic carbocycles.